The van der Waals surface area contributed by atoms with Crippen LogP contribution in [-0.4, -0.2) is 56.6 Å². The number of rotatable bonds is 2. The van der Waals surface area contributed by atoms with Crippen molar-refractivity contribution >= 4 is 22.5 Å². The minimum Gasteiger partial charge on any atom is -0.346 e. The Labute approximate surface area is 149 Å². The molecule has 1 fully saturated rings. The summed E-state index contributed by atoms with van der Waals surface area (Å²) < 4.78 is 1.80. The van der Waals surface area contributed by atoms with Crippen LogP contribution in [0.2, 0.25) is 0 Å². The van der Waals surface area contributed by atoms with Gasteiger partial charge in [0.25, 0.3) is 5.91 Å². The standard InChI is InChI=1S/C19H18N6O/c26-19(24-7-4-20-5-8-24)14-2-6-25-17(10-14)16(12-23-25)15-9-13-1-3-21-18(13)22-11-15/h1-3,6,9-12,20H,4-5,7-8H2,(H,21,22). The maximum atomic E-state index is 12.8. The van der Waals surface area contributed by atoms with Crippen LogP contribution >= 0.6 is 0 Å². The fraction of sp³-hybridized carbons (Fsp3) is 0.211. The van der Waals surface area contributed by atoms with E-state index in [1.165, 1.54) is 0 Å². The number of nitrogens with zero attached hydrogens (tertiary/aromatic N) is 4. The van der Waals surface area contributed by atoms with Crippen LogP contribution in [0.1, 0.15) is 10.4 Å². The van der Waals surface area contributed by atoms with E-state index in [0.717, 1.165) is 53.9 Å². The molecule has 1 aliphatic rings. The lowest BCUT2D eigenvalue weighted by Gasteiger charge is -2.27. The highest BCUT2D eigenvalue weighted by atomic mass is 16.2. The van der Waals surface area contributed by atoms with Gasteiger partial charge in [0, 0.05) is 66.8 Å². The molecular weight excluding hydrogens is 328 g/mol. The van der Waals surface area contributed by atoms with Gasteiger partial charge < -0.3 is 15.2 Å². The van der Waals surface area contributed by atoms with Crippen molar-refractivity contribution in [1.29, 1.82) is 0 Å². The van der Waals surface area contributed by atoms with Gasteiger partial charge in [-0.05, 0) is 24.3 Å². The molecule has 26 heavy (non-hydrogen) atoms. The Morgan fingerprint density at radius 2 is 2.00 bits per heavy atom. The second kappa shape index (κ2) is 5.96. The van der Waals surface area contributed by atoms with Crippen LogP contribution in [0.4, 0.5) is 0 Å². The zero-order chi connectivity index (χ0) is 17.5. The number of nitrogens with one attached hydrogen (secondary N) is 2. The lowest BCUT2D eigenvalue weighted by molar-refractivity contribution is 0.0736. The van der Waals surface area contributed by atoms with Crippen LogP contribution in [0.15, 0.2) is 49.1 Å². The van der Waals surface area contributed by atoms with Crippen LogP contribution in [-0.2, 0) is 0 Å². The topological polar surface area (TPSA) is 78.3 Å². The lowest BCUT2D eigenvalue weighted by Crippen LogP contribution is -2.46. The third kappa shape index (κ3) is 2.44. The zero-order valence-corrected chi connectivity index (χ0v) is 14.1. The average molecular weight is 346 g/mol. The van der Waals surface area contributed by atoms with Crippen LogP contribution in [0.5, 0.6) is 0 Å². The summed E-state index contributed by atoms with van der Waals surface area (Å²) in [7, 11) is 0. The van der Waals surface area contributed by atoms with Crippen LogP contribution in [0, 0.1) is 0 Å². The molecule has 0 bridgehead atoms. The Bertz CT molecular complexity index is 1110. The maximum Gasteiger partial charge on any atom is 0.254 e. The lowest BCUT2D eigenvalue weighted by atomic mass is 10.1. The van der Waals surface area contributed by atoms with Crippen molar-refractivity contribution in [2.75, 3.05) is 26.2 Å². The molecule has 0 aromatic carbocycles. The summed E-state index contributed by atoms with van der Waals surface area (Å²) in [6, 6.07) is 7.84. The molecule has 0 aliphatic carbocycles. The molecule has 2 N–H and O–H groups in total. The van der Waals surface area contributed by atoms with E-state index in [-0.39, 0.29) is 5.91 Å². The molecule has 5 heterocycles. The number of amides is 1. The van der Waals surface area contributed by atoms with E-state index >= 15 is 0 Å². The van der Waals surface area contributed by atoms with Gasteiger partial charge in [-0.3, -0.25) is 4.79 Å². The van der Waals surface area contributed by atoms with Crippen LogP contribution < -0.4 is 5.32 Å². The molecule has 0 saturated carbocycles. The van der Waals surface area contributed by atoms with E-state index in [9.17, 15) is 4.79 Å². The number of aromatic nitrogens is 4. The first kappa shape index (κ1) is 15.1. The molecule has 0 spiro atoms. The van der Waals surface area contributed by atoms with Gasteiger partial charge in [0.05, 0.1) is 11.7 Å². The normalized spacial score (nSPS) is 15.0. The van der Waals surface area contributed by atoms with E-state index in [0.29, 0.717) is 5.56 Å². The van der Waals surface area contributed by atoms with Gasteiger partial charge in [0.1, 0.15) is 5.65 Å². The Balaban J connectivity index is 1.57. The molecule has 1 amide bonds. The minimum atomic E-state index is 0.0698. The smallest absolute Gasteiger partial charge is 0.254 e. The summed E-state index contributed by atoms with van der Waals surface area (Å²) in [5.74, 6) is 0.0698. The van der Waals surface area contributed by atoms with Crippen LogP contribution in [0.3, 0.4) is 0 Å². The molecule has 130 valence electrons. The summed E-state index contributed by atoms with van der Waals surface area (Å²) >= 11 is 0. The predicted octanol–water partition coefficient (Wildman–Crippen LogP) is 1.92. The molecule has 1 saturated heterocycles. The Kier molecular flexibility index (Phi) is 3.46. The van der Waals surface area contributed by atoms with Gasteiger partial charge in [-0.2, -0.15) is 5.10 Å². The number of carbonyl (C=O) groups is 1. The summed E-state index contributed by atoms with van der Waals surface area (Å²) in [5.41, 5.74) is 4.41. The Hall–Kier alpha value is -3.19. The number of H-pyrrole nitrogens is 1. The minimum absolute atomic E-state index is 0.0698. The van der Waals surface area contributed by atoms with E-state index in [1.54, 1.807) is 4.52 Å². The van der Waals surface area contributed by atoms with Crippen molar-refractivity contribution in [3.63, 3.8) is 0 Å². The Morgan fingerprint density at radius 1 is 1.12 bits per heavy atom. The zero-order valence-electron chi connectivity index (χ0n) is 14.1. The summed E-state index contributed by atoms with van der Waals surface area (Å²) in [6.45, 7) is 3.16. The molecule has 0 unspecified atom stereocenters. The number of aromatic amines is 1. The van der Waals surface area contributed by atoms with Crippen LogP contribution in [0.25, 0.3) is 27.7 Å². The fourth-order valence-corrected chi connectivity index (χ4v) is 3.47. The predicted molar refractivity (Wildman–Crippen MR) is 99.1 cm³/mol. The molecule has 5 rings (SSSR count). The van der Waals surface area contributed by atoms with E-state index in [4.69, 9.17) is 0 Å². The second-order valence-electron chi connectivity index (χ2n) is 6.49. The second-order valence-corrected chi connectivity index (χ2v) is 6.49. The third-order valence-electron chi connectivity index (χ3n) is 4.88. The molecule has 7 nitrogen and oxygen atoms in total. The molecule has 7 heteroatoms. The molecule has 4 aromatic rings. The van der Waals surface area contributed by atoms with E-state index < -0.39 is 0 Å². The molecular formula is C19H18N6O. The third-order valence-corrected chi connectivity index (χ3v) is 4.88. The van der Waals surface area contributed by atoms with Crippen molar-refractivity contribution < 1.29 is 4.79 Å². The molecule has 0 atom stereocenters. The molecule has 1 aliphatic heterocycles. The summed E-state index contributed by atoms with van der Waals surface area (Å²) in [5, 5.41) is 8.74. The van der Waals surface area contributed by atoms with Gasteiger partial charge in [-0.1, -0.05) is 0 Å². The number of pyridine rings is 2. The number of carbonyl (C=O) groups excluding carboxylic acids is 1. The van der Waals surface area contributed by atoms with Gasteiger partial charge in [-0.25, -0.2) is 9.50 Å². The first-order valence-corrected chi connectivity index (χ1v) is 8.70. The highest BCUT2D eigenvalue weighted by Crippen LogP contribution is 2.27. The van der Waals surface area contributed by atoms with Crippen molar-refractivity contribution in [2.45, 2.75) is 0 Å². The largest absolute Gasteiger partial charge is 0.346 e. The highest BCUT2D eigenvalue weighted by Gasteiger charge is 2.19. The van der Waals surface area contributed by atoms with Crippen molar-refractivity contribution in [3.05, 3.63) is 54.6 Å². The SMILES string of the molecule is O=C(c1ccn2ncc(-c3cnc4[nH]ccc4c3)c2c1)N1CCNCC1. The van der Waals surface area contributed by atoms with Gasteiger partial charge in [0.2, 0.25) is 0 Å². The summed E-state index contributed by atoms with van der Waals surface area (Å²) in [4.78, 5) is 22.3. The van der Waals surface area contributed by atoms with Gasteiger partial charge in [-0.15, -0.1) is 0 Å². The Morgan fingerprint density at radius 3 is 2.88 bits per heavy atom. The fourth-order valence-electron chi connectivity index (χ4n) is 3.47. The highest BCUT2D eigenvalue weighted by molar-refractivity contribution is 5.97. The van der Waals surface area contributed by atoms with E-state index in [2.05, 4.69) is 26.4 Å². The summed E-state index contributed by atoms with van der Waals surface area (Å²) in [6.07, 6.45) is 7.38. The van der Waals surface area contributed by atoms with Gasteiger partial charge in [0.15, 0.2) is 0 Å². The van der Waals surface area contributed by atoms with Crippen molar-refractivity contribution in [1.82, 2.24) is 29.8 Å². The number of fused-ring (bicyclic) bond motifs is 2. The first-order valence-electron chi connectivity index (χ1n) is 8.70. The molecule has 0 radical (unpaired) electrons. The molecule has 4 aromatic heterocycles. The van der Waals surface area contributed by atoms with E-state index in [1.807, 2.05) is 47.9 Å². The first-order chi connectivity index (χ1) is 12.8. The monoisotopic (exact) mass is 346 g/mol. The van der Waals surface area contributed by atoms with Crippen molar-refractivity contribution in [3.8, 4) is 11.1 Å². The number of hydrogen-bond acceptors (Lipinski definition) is 4. The maximum absolute atomic E-state index is 12.8. The van der Waals surface area contributed by atoms with Crippen molar-refractivity contribution in [2.24, 2.45) is 0 Å². The number of hydrogen-bond donors (Lipinski definition) is 2. The number of piperazine rings is 1. The average Bonchev–Trinajstić information content (AvgIpc) is 3.33. The quantitative estimate of drug-likeness (QED) is 0.581. The van der Waals surface area contributed by atoms with Gasteiger partial charge >= 0.3 is 0 Å².